The van der Waals surface area contributed by atoms with E-state index in [9.17, 15) is 19.2 Å². The number of urea groups is 1. The summed E-state index contributed by atoms with van der Waals surface area (Å²) in [5, 5.41) is 5.53. The van der Waals surface area contributed by atoms with Crippen LogP contribution in [0.4, 0.5) is 4.79 Å². The Morgan fingerprint density at radius 1 is 1.21 bits per heavy atom. The van der Waals surface area contributed by atoms with Crippen LogP contribution in [0.1, 0.15) is 42.5 Å². The van der Waals surface area contributed by atoms with Crippen molar-refractivity contribution >= 4 is 17.8 Å². The summed E-state index contributed by atoms with van der Waals surface area (Å²) in [5.74, 6) is -0.451. The van der Waals surface area contributed by atoms with E-state index in [0.717, 1.165) is 12.8 Å². The van der Waals surface area contributed by atoms with Crippen LogP contribution in [0.2, 0.25) is 0 Å². The van der Waals surface area contributed by atoms with Crippen molar-refractivity contribution in [3.63, 3.8) is 0 Å². The number of rotatable bonds is 5. The molecule has 24 heavy (non-hydrogen) atoms. The van der Waals surface area contributed by atoms with Gasteiger partial charge in [-0.1, -0.05) is 12.8 Å². The standard InChI is InChI=1S/C16H20N4O4/c21-12-5-4-11(10-18-12)13(22)17-8-3-9-20-14(23)16(19-15(20)24)6-1-2-7-16/h4-5,10H,1-3,6-9H2,(H,17,22)(H,18,21)(H,19,24). The SMILES string of the molecule is O=C(NCCCN1C(=O)NC2(CCCC2)C1=O)c1ccc(=O)[nH]c1. The van der Waals surface area contributed by atoms with Gasteiger partial charge in [0.05, 0.1) is 5.56 Å². The number of hydrogen-bond acceptors (Lipinski definition) is 4. The molecule has 0 bridgehead atoms. The number of carbonyl (C=O) groups excluding carboxylic acids is 3. The largest absolute Gasteiger partial charge is 0.352 e. The van der Waals surface area contributed by atoms with E-state index in [0.29, 0.717) is 31.4 Å². The smallest absolute Gasteiger partial charge is 0.325 e. The Morgan fingerprint density at radius 3 is 2.62 bits per heavy atom. The Kier molecular flexibility index (Phi) is 4.37. The van der Waals surface area contributed by atoms with Crippen LogP contribution in [0.25, 0.3) is 0 Å². The number of pyridine rings is 1. The molecule has 1 saturated carbocycles. The second-order valence-corrected chi connectivity index (χ2v) is 6.23. The Balaban J connectivity index is 1.47. The highest BCUT2D eigenvalue weighted by atomic mass is 16.2. The zero-order valence-electron chi connectivity index (χ0n) is 13.3. The van der Waals surface area contributed by atoms with Crippen molar-refractivity contribution in [2.75, 3.05) is 13.1 Å². The first kappa shape index (κ1) is 16.2. The molecule has 0 radical (unpaired) electrons. The predicted octanol–water partition coefficient (Wildman–Crippen LogP) is 0.359. The van der Waals surface area contributed by atoms with E-state index >= 15 is 0 Å². The number of nitrogens with zero attached hydrogens (tertiary/aromatic N) is 1. The van der Waals surface area contributed by atoms with Crippen molar-refractivity contribution < 1.29 is 14.4 Å². The van der Waals surface area contributed by atoms with Crippen molar-refractivity contribution in [2.45, 2.75) is 37.6 Å². The third-order valence-corrected chi connectivity index (χ3v) is 4.59. The van der Waals surface area contributed by atoms with Crippen molar-refractivity contribution in [1.82, 2.24) is 20.5 Å². The quantitative estimate of drug-likeness (QED) is 0.534. The summed E-state index contributed by atoms with van der Waals surface area (Å²) in [6.45, 7) is 0.611. The third kappa shape index (κ3) is 3.04. The highest BCUT2D eigenvalue weighted by molar-refractivity contribution is 6.07. The number of hydrogen-bond donors (Lipinski definition) is 3. The lowest BCUT2D eigenvalue weighted by atomic mass is 9.98. The molecule has 1 aliphatic heterocycles. The van der Waals surface area contributed by atoms with Gasteiger partial charge in [-0.15, -0.1) is 0 Å². The van der Waals surface area contributed by atoms with Gasteiger partial charge in [0.2, 0.25) is 5.56 Å². The molecule has 2 fully saturated rings. The fourth-order valence-corrected chi connectivity index (χ4v) is 3.29. The normalized spacial score (nSPS) is 18.9. The first-order chi connectivity index (χ1) is 11.5. The van der Waals surface area contributed by atoms with E-state index in [1.807, 2.05) is 0 Å². The highest BCUT2D eigenvalue weighted by Crippen LogP contribution is 2.34. The van der Waals surface area contributed by atoms with Gasteiger partial charge >= 0.3 is 6.03 Å². The summed E-state index contributed by atoms with van der Waals surface area (Å²) in [5.41, 5.74) is -0.601. The molecule has 0 atom stereocenters. The second kappa shape index (κ2) is 6.46. The lowest BCUT2D eigenvalue weighted by Crippen LogP contribution is -2.44. The maximum absolute atomic E-state index is 12.4. The highest BCUT2D eigenvalue weighted by Gasteiger charge is 2.51. The van der Waals surface area contributed by atoms with Crippen LogP contribution in [-0.2, 0) is 4.79 Å². The number of carbonyl (C=O) groups is 3. The van der Waals surface area contributed by atoms with Crippen LogP contribution in [0.3, 0.4) is 0 Å². The average Bonchev–Trinajstić information content (AvgIpc) is 3.12. The van der Waals surface area contributed by atoms with Gasteiger partial charge in [0, 0.05) is 25.4 Å². The van der Waals surface area contributed by atoms with Crippen LogP contribution in [0.15, 0.2) is 23.1 Å². The monoisotopic (exact) mass is 332 g/mol. The Bertz CT molecular complexity index is 701. The Hall–Kier alpha value is -2.64. The molecule has 128 valence electrons. The summed E-state index contributed by atoms with van der Waals surface area (Å²) in [4.78, 5) is 51.0. The maximum atomic E-state index is 12.4. The zero-order valence-corrected chi connectivity index (χ0v) is 13.3. The predicted molar refractivity (Wildman–Crippen MR) is 85.5 cm³/mol. The van der Waals surface area contributed by atoms with Crippen molar-refractivity contribution in [1.29, 1.82) is 0 Å². The molecule has 0 aromatic carbocycles. The van der Waals surface area contributed by atoms with Crippen molar-refractivity contribution in [2.24, 2.45) is 0 Å². The molecule has 8 nitrogen and oxygen atoms in total. The average molecular weight is 332 g/mol. The number of imide groups is 1. The van der Waals surface area contributed by atoms with Gasteiger partial charge in [0.1, 0.15) is 5.54 Å². The molecule has 4 amide bonds. The number of aromatic nitrogens is 1. The van der Waals surface area contributed by atoms with Crippen LogP contribution < -0.4 is 16.2 Å². The maximum Gasteiger partial charge on any atom is 0.325 e. The Morgan fingerprint density at radius 2 is 1.96 bits per heavy atom. The molecule has 1 aromatic heterocycles. The minimum absolute atomic E-state index is 0.142. The Labute approximate surface area is 138 Å². The molecule has 1 aliphatic carbocycles. The third-order valence-electron chi connectivity index (χ3n) is 4.59. The summed E-state index contributed by atoms with van der Waals surface area (Å²) in [7, 11) is 0. The van der Waals surface area contributed by atoms with E-state index in [-0.39, 0.29) is 29.9 Å². The summed E-state index contributed by atoms with van der Waals surface area (Å²) in [6.07, 6.45) is 5.14. The lowest BCUT2D eigenvalue weighted by Gasteiger charge is -2.20. The molecule has 2 heterocycles. The first-order valence-electron chi connectivity index (χ1n) is 8.13. The minimum atomic E-state index is -0.684. The number of H-pyrrole nitrogens is 1. The molecule has 3 N–H and O–H groups in total. The minimum Gasteiger partial charge on any atom is -0.352 e. The second-order valence-electron chi connectivity index (χ2n) is 6.23. The van der Waals surface area contributed by atoms with Gasteiger partial charge in [-0.25, -0.2) is 4.79 Å². The number of aromatic amines is 1. The first-order valence-corrected chi connectivity index (χ1v) is 8.13. The fraction of sp³-hybridized carbons (Fsp3) is 0.500. The van der Waals surface area contributed by atoms with Crippen LogP contribution in [0.5, 0.6) is 0 Å². The summed E-state index contributed by atoms with van der Waals surface area (Å²) < 4.78 is 0. The zero-order chi connectivity index (χ0) is 17.2. The molecular formula is C16H20N4O4. The van der Waals surface area contributed by atoms with Gasteiger partial charge < -0.3 is 15.6 Å². The summed E-state index contributed by atoms with van der Waals surface area (Å²) in [6, 6.07) is 2.38. The molecule has 2 aliphatic rings. The lowest BCUT2D eigenvalue weighted by molar-refractivity contribution is -0.131. The molecule has 8 heteroatoms. The molecular weight excluding hydrogens is 312 g/mol. The van der Waals surface area contributed by atoms with Crippen molar-refractivity contribution in [3.8, 4) is 0 Å². The molecule has 1 aromatic rings. The van der Waals surface area contributed by atoms with Gasteiger partial charge in [-0.05, 0) is 25.3 Å². The molecule has 0 unspecified atom stereocenters. The van der Waals surface area contributed by atoms with Gasteiger partial charge in [0.15, 0.2) is 0 Å². The van der Waals surface area contributed by atoms with Crippen LogP contribution >= 0.6 is 0 Å². The van der Waals surface area contributed by atoms with E-state index < -0.39 is 5.54 Å². The van der Waals surface area contributed by atoms with E-state index in [1.165, 1.54) is 23.2 Å². The van der Waals surface area contributed by atoms with Gasteiger partial charge in [0.25, 0.3) is 11.8 Å². The summed E-state index contributed by atoms with van der Waals surface area (Å²) >= 11 is 0. The topological polar surface area (TPSA) is 111 Å². The van der Waals surface area contributed by atoms with Crippen LogP contribution in [0, 0.1) is 0 Å². The van der Waals surface area contributed by atoms with Crippen molar-refractivity contribution in [3.05, 3.63) is 34.2 Å². The van der Waals surface area contributed by atoms with E-state index in [2.05, 4.69) is 15.6 Å². The molecule has 1 spiro atoms. The van der Waals surface area contributed by atoms with Crippen LogP contribution in [-0.4, -0.2) is 46.4 Å². The number of amides is 4. The number of nitrogens with one attached hydrogen (secondary N) is 3. The molecule has 3 rings (SSSR count). The van der Waals surface area contributed by atoms with E-state index in [4.69, 9.17) is 0 Å². The van der Waals surface area contributed by atoms with Gasteiger partial charge in [-0.3, -0.25) is 19.3 Å². The van der Waals surface area contributed by atoms with Gasteiger partial charge in [-0.2, -0.15) is 0 Å². The fourth-order valence-electron chi connectivity index (χ4n) is 3.29. The van der Waals surface area contributed by atoms with E-state index in [1.54, 1.807) is 0 Å². The molecule has 1 saturated heterocycles.